The summed E-state index contributed by atoms with van der Waals surface area (Å²) < 4.78 is 17.1. The number of aliphatic hydroxyl groups is 4. The number of hydrogen-bond acceptors (Lipinski definition) is 8. The smallest absolute Gasteiger partial charge is 0.224 e. The van der Waals surface area contributed by atoms with Crippen LogP contribution >= 0.6 is 11.6 Å². The third kappa shape index (κ3) is 3.78. The van der Waals surface area contributed by atoms with Gasteiger partial charge < -0.3 is 34.3 Å². The van der Waals surface area contributed by atoms with Gasteiger partial charge in [0.2, 0.25) is 5.79 Å². The Hall–Kier alpha value is -2.48. The normalized spacial score (nSPS) is 28.0. The van der Waals surface area contributed by atoms with Crippen LogP contribution in [0.25, 0.3) is 11.0 Å². The van der Waals surface area contributed by atoms with Gasteiger partial charge in [-0.3, -0.25) is 0 Å². The van der Waals surface area contributed by atoms with Crippen LogP contribution in [0, 0.1) is 11.3 Å². The number of fused-ring (bicyclic) bond motifs is 1. The van der Waals surface area contributed by atoms with Gasteiger partial charge in [-0.2, -0.15) is 5.26 Å². The summed E-state index contributed by atoms with van der Waals surface area (Å²) in [4.78, 5) is 0. The van der Waals surface area contributed by atoms with Crippen LogP contribution in [0.15, 0.2) is 46.9 Å². The van der Waals surface area contributed by atoms with Crippen LogP contribution in [0.1, 0.15) is 22.5 Å². The van der Waals surface area contributed by atoms with Crippen molar-refractivity contribution in [3.05, 3.63) is 69.9 Å². The van der Waals surface area contributed by atoms with Crippen molar-refractivity contribution in [1.82, 2.24) is 0 Å². The highest BCUT2D eigenvalue weighted by Gasteiger charge is 2.55. The van der Waals surface area contributed by atoms with E-state index in [1.165, 1.54) is 7.11 Å². The van der Waals surface area contributed by atoms with Crippen LogP contribution in [0.5, 0.6) is 0 Å². The molecule has 2 aromatic carbocycles. The van der Waals surface area contributed by atoms with Gasteiger partial charge in [-0.05, 0) is 42.0 Å². The predicted octanol–water partition coefficient (Wildman–Crippen LogP) is 1.82. The minimum Gasteiger partial charge on any atom is -0.461 e. The lowest BCUT2D eigenvalue weighted by Crippen LogP contribution is -2.64. The van der Waals surface area contributed by atoms with Crippen molar-refractivity contribution in [2.45, 2.75) is 36.6 Å². The Kier molecular flexibility index (Phi) is 6.25. The molecule has 3 aromatic rings. The molecule has 32 heavy (non-hydrogen) atoms. The lowest BCUT2D eigenvalue weighted by atomic mass is 9.87. The SMILES string of the molecule is CO[C@@]1(c2ccc(Cl)c(Cc3cc4ccc(C#N)cc4o3)c2)OC(CO)[C@@H](O)C(O)[C@H]1O. The summed E-state index contributed by atoms with van der Waals surface area (Å²) in [6, 6.07) is 13.9. The van der Waals surface area contributed by atoms with E-state index in [1.54, 1.807) is 36.4 Å². The molecule has 1 fully saturated rings. The average molecular weight is 460 g/mol. The van der Waals surface area contributed by atoms with Crippen LogP contribution in [-0.2, 0) is 21.7 Å². The molecule has 2 unspecified atom stereocenters. The molecule has 0 amide bonds. The fraction of sp³-hybridized carbons (Fsp3) is 0.348. The second-order valence-corrected chi connectivity index (χ2v) is 8.10. The van der Waals surface area contributed by atoms with Crippen LogP contribution in [0.2, 0.25) is 5.02 Å². The molecule has 0 radical (unpaired) electrons. The summed E-state index contributed by atoms with van der Waals surface area (Å²) >= 11 is 6.41. The summed E-state index contributed by atoms with van der Waals surface area (Å²) in [6.45, 7) is -0.583. The molecule has 0 spiro atoms. The molecule has 0 saturated carbocycles. The molecule has 8 nitrogen and oxygen atoms in total. The van der Waals surface area contributed by atoms with E-state index in [0.717, 1.165) is 5.39 Å². The highest BCUT2D eigenvalue weighted by atomic mass is 35.5. The Morgan fingerprint density at radius 1 is 1.12 bits per heavy atom. The molecule has 1 aliphatic heterocycles. The quantitative estimate of drug-likeness (QED) is 0.453. The number of hydrogen-bond donors (Lipinski definition) is 4. The molecule has 1 aromatic heterocycles. The minimum absolute atomic E-state index is 0.299. The number of methoxy groups -OCH3 is 1. The Balaban J connectivity index is 1.71. The zero-order chi connectivity index (χ0) is 23.0. The van der Waals surface area contributed by atoms with Gasteiger partial charge in [-0.15, -0.1) is 0 Å². The molecular formula is C23H22ClNO7. The van der Waals surface area contributed by atoms with E-state index in [2.05, 4.69) is 6.07 Å². The number of nitriles is 1. The van der Waals surface area contributed by atoms with E-state index < -0.39 is 36.8 Å². The standard InChI is InChI=1S/C23H22ClNO7/c1-30-23(22(29)21(28)20(27)19(11-26)32-23)15-4-5-17(24)14(7-15)9-16-8-13-3-2-12(10-25)6-18(13)31-16/h2-8,19-22,26-29H,9,11H2,1H3/t19?,20-,21?,22-,23+/m1/s1. The third-order valence-electron chi connectivity index (χ3n) is 5.77. The number of aliphatic hydroxyl groups excluding tert-OH is 4. The molecule has 168 valence electrons. The third-order valence-corrected chi connectivity index (χ3v) is 6.14. The van der Waals surface area contributed by atoms with Crippen molar-refractivity contribution in [2.24, 2.45) is 0 Å². The Morgan fingerprint density at radius 3 is 2.59 bits per heavy atom. The molecule has 1 aliphatic rings. The van der Waals surface area contributed by atoms with Gasteiger partial charge in [0.05, 0.1) is 18.2 Å². The number of rotatable bonds is 5. The molecule has 1 saturated heterocycles. The Labute approximate surface area is 188 Å². The molecule has 5 atom stereocenters. The second kappa shape index (κ2) is 8.81. The van der Waals surface area contributed by atoms with Gasteiger partial charge in [0.25, 0.3) is 0 Å². The molecule has 9 heteroatoms. The molecule has 2 heterocycles. The zero-order valence-corrected chi connectivity index (χ0v) is 17.9. The summed E-state index contributed by atoms with van der Waals surface area (Å²) in [5.41, 5.74) is 2.05. The number of ether oxygens (including phenoxy) is 2. The van der Waals surface area contributed by atoms with Crippen molar-refractivity contribution < 1.29 is 34.3 Å². The van der Waals surface area contributed by atoms with Crippen molar-refractivity contribution >= 4 is 22.6 Å². The van der Waals surface area contributed by atoms with Gasteiger partial charge in [0, 0.05) is 29.5 Å². The first-order valence-corrected chi connectivity index (χ1v) is 10.3. The van der Waals surface area contributed by atoms with E-state index in [0.29, 0.717) is 39.5 Å². The molecule has 4 rings (SSSR count). The highest BCUT2D eigenvalue weighted by molar-refractivity contribution is 6.31. The van der Waals surface area contributed by atoms with E-state index in [-0.39, 0.29) is 0 Å². The molecule has 0 bridgehead atoms. The average Bonchev–Trinajstić information content (AvgIpc) is 3.21. The topological polar surface area (TPSA) is 136 Å². The molecule has 0 aliphatic carbocycles. The predicted molar refractivity (Wildman–Crippen MR) is 114 cm³/mol. The summed E-state index contributed by atoms with van der Waals surface area (Å²) in [5.74, 6) is -1.23. The van der Waals surface area contributed by atoms with E-state index >= 15 is 0 Å². The Bertz CT molecular complexity index is 1170. The summed E-state index contributed by atoms with van der Waals surface area (Å²) in [6.07, 6.45) is -5.59. The number of benzene rings is 2. The zero-order valence-electron chi connectivity index (χ0n) is 17.1. The monoisotopic (exact) mass is 459 g/mol. The van der Waals surface area contributed by atoms with Crippen LogP contribution < -0.4 is 0 Å². The van der Waals surface area contributed by atoms with Crippen molar-refractivity contribution in [3.63, 3.8) is 0 Å². The highest BCUT2D eigenvalue weighted by Crippen LogP contribution is 2.40. The maximum Gasteiger partial charge on any atom is 0.224 e. The second-order valence-electron chi connectivity index (χ2n) is 7.70. The number of nitrogens with zero attached hydrogens (tertiary/aromatic N) is 1. The lowest BCUT2D eigenvalue weighted by Gasteiger charge is -2.47. The maximum absolute atomic E-state index is 10.7. The number of halogens is 1. The first-order valence-electron chi connectivity index (χ1n) is 9.92. The Morgan fingerprint density at radius 2 is 1.91 bits per heavy atom. The summed E-state index contributed by atoms with van der Waals surface area (Å²) in [5, 5.41) is 51.0. The fourth-order valence-electron chi connectivity index (χ4n) is 4.02. The van der Waals surface area contributed by atoms with Gasteiger partial charge >= 0.3 is 0 Å². The molecular weight excluding hydrogens is 438 g/mol. The van der Waals surface area contributed by atoms with Crippen molar-refractivity contribution in [2.75, 3.05) is 13.7 Å². The lowest BCUT2D eigenvalue weighted by molar-refractivity contribution is -0.366. The van der Waals surface area contributed by atoms with E-state index in [1.807, 2.05) is 6.07 Å². The van der Waals surface area contributed by atoms with Crippen LogP contribution in [0.3, 0.4) is 0 Å². The fourth-order valence-corrected chi connectivity index (χ4v) is 4.21. The van der Waals surface area contributed by atoms with Crippen LogP contribution in [0.4, 0.5) is 0 Å². The summed E-state index contributed by atoms with van der Waals surface area (Å²) in [7, 11) is 1.29. The van der Waals surface area contributed by atoms with Gasteiger partial charge in [0.15, 0.2) is 0 Å². The largest absolute Gasteiger partial charge is 0.461 e. The first-order chi connectivity index (χ1) is 15.3. The molecule has 4 N–H and O–H groups in total. The maximum atomic E-state index is 10.7. The van der Waals surface area contributed by atoms with E-state index in [4.69, 9.17) is 30.8 Å². The minimum atomic E-state index is -1.83. The van der Waals surface area contributed by atoms with Crippen molar-refractivity contribution in [3.8, 4) is 6.07 Å². The van der Waals surface area contributed by atoms with Crippen LogP contribution in [-0.4, -0.2) is 58.6 Å². The van der Waals surface area contributed by atoms with Gasteiger partial charge in [-0.25, -0.2) is 0 Å². The first kappa shape index (κ1) is 22.7. The van der Waals surface area contributed by atoms with Gasteiger partial charge in [0.1, 0.15) is 35.8 Å². The number of furan rings is 1. The van der Waals surface area contributed by atoms with E-state index in [9.17, 15) is 20.4 Å². The van der Waals surface area contributed by atoms with Crippen molar-refractivity contribution in [1.29, 1.82) is 5.26 Å². The van der Waals surface area contributed by atoms with Gasteiger partial charge in [-0.1, -0.05) is 17.7 Å².